The van der Waals surface area contributed by atoms with Crippen molar-refractivity contribution in [1.82, 2.24) is 24.7 Å². The van der Waals surface area contributed by atoms with Gasteiger partial charge in [0.15, 0.2) is 15.7 Å². The van der Waals surface area contributed by atoms with Gasteiger partial charge in [0.25, 0.3) is 0 Å². The molecule has 1 fully saturated rings. The summed E-state index contributed by atoms with van der Waals surface area (Å²) < 4.78 is 38.4. The number of halogens is 1. The Hall–Kier alpha value is -3.40. The molecule has 8 nitrogen and oxygen atoms in total. The number of piperidine rings is 1. The summed E-state index contributed by atoms with van der Waals surface area (Å²) in [7, 11) is -3.23. The normalized spacial score (nSPS) is 15.4. The molecule has 0 spiro atoms. The number of fused-ring (bicyclic) bond motifs is 1. The standard InChI is InChI=1S/C22H21FN6O2S/c1-32(30,31)19-4-2-15(3-5-19)20-10-16-11-27-29(21(16)14-24-20)18-6-8-28(9-7-18)22-25-12-17(23)13-26-22/h2-5,10-14,18H,6-9H2,1H3. The fourth-order valence-electron chi connectivity index (χ4n) is 4.05. The van der Waals surface area contributed by atoms with Crippen LogP contribution >= 0.6 is 0 Å². The van der Waals surface area contributed by atoms with Crippen molar-refractivity contribution in [2.75, 3.05) is 24.2 Å². The highest BCUT2D eigenvalue weighted by molar-refractivity contribution is 7.90. The second-order valence-corrected chi connectivity index (χ2v) is 9.95. The van der Waals surface area contributed by atoms with Gasteiger partial charge in [-0.1, -0.05) is 12.1 Å². The first-order valence-corrected chi connectivity index (χ1v) is 12.1. The van der Waals surface area contributed by atoms with Crippen LogP contribution in [0.5, 0.6) is 0 Å². The Morgan fingerprint density at radius 1 is 0.969 bits per heavy atom. The minimum atomic E-state index is -3.23. The first-order valence-electron chi connectivity index (χ1n) is 10.2. The van der Waals surface area contributed by atoms with Crippen molar-refractivity contribution in [2.24, 2.45) is 0 Å². The Labute approximate surface area is 184 Å². The molecule has 0 N–H and O–H groups in total. The van der Waals surface area contributed by atoms with Gasteiger partial charge in [-0.3, -0.25) is 9.67 Å². The van der Waals surface area contributed by atoms with Crippen LogP contribution in [-0.2, 0) is 9.84 Å². The highest BCUT2D eigenvalue weighted by Crippen LogP contribution is 2.29. The molecular formula is C22H21FN6O2S. The third-order valence-corrected chi connectivity index (χ3v) is 6.89. The maximum Gasteiger partial charge on any atom is 0.225 e. The molecule has 1 aliphatic rings. The van der Waals surface area contributed by atoms with Gasteiger partial charge in [0.05, 0.1) is 46.9 Å². The third kappa shape index (κ3) is 3.93. The van der Waals surface area contributed by atoms with Crippen LogP contribution in [0.3, 0.4) is 0 Å². The van der Waals surface area contributed by atoms with Crippen molar-refractivity contribution < 1.29 is 12.8 Å². The zero-order valence-corrected chi connectivity index (χ0v) is 18.2. The van der Waals surface area contributed by atoms with Gasteiger partial charge < -0.3 is 4.90 Å². The monoisotopic (exact) mass is 452 g/mol. The first-order chi connectivity index (χ1) is 15.4. The summed E-state index contributed by atoms with van der Waals surface area (Å²) in [5.74, 6) is 0.105. The van der Waals surface area contributed by atoms with E-state index in [4.69, 9.17) is 0 Å². The zero-order chi connectivity index (χ0) is 22.3. The van der Waals surface area contributed by atoms with E-state index in [0.717, 1.165) is 48.1 Å². The fourth-order valence-corrected chi connectivity index (χ4v) is 4.68. The molecule has 4 aromatic rings. The van der Waals surface area contributed by atoms with E-state index in [1.54, 1.807) is 24.3 Å². The highest BCUT2D eigenvalue weighted by Gasteiger charge is 2.24. The SMILES string of the molecule is CS(=O)(=O)c1ccc(-c2cc3cnn(C4CCN(c5ncc(F)cn5)CC4)c3cn2)cc1. The zero-order valence-electron chi connectivity index (χ0n) is 17.4. The fraction of sp³-hybridized carbons (Fsp3) is 0.273. The lowest BCUT2D eigenvalue weighted by atomic mass is 10.1. The molecule has 32 heavy (non-hydrogen) atoms. The first kappa shape index (κ1) is 20.5. The minimum Gasteiger partial charge on any atom is -0.341 e. The van der Waals surface area contributed by atoms with Crippen LogP contribution in [0, 0.1) is 5.82 Å². The van der Waals surface area contributed by atoms with Gasteiger partial charge in [-0.2, -0.15) is 5.10 Å². The van der Waals surface area contributed by atoms with Crippen LogP contribution in [0.1, 0.15) is 18.9 Å². The number of sulfone groups is 1. The lowest BCUT2D eigenvalue weighted by Gasteiger charge is -2.32. The number of benzene rings is 1. The van der Waals surface area contributed by atoms with E-state index in [-0.39, 0.29) is 10.9 Å². The Morgan fingerprint density at radius 3 is 2.31 bits per heavy atom. The van der Waals surface area contributed by atoms with Crippen molar-refractivity contribution >= 4 is 26.7 Å². The Balaban J connectivity index is 1.34. The third-order valence-electron chi connectivity index (χ3n) is 5.76. The van der Waals surface area contributed by atoms with Gasteiger partial charge in [-0.05, 0) is 31.0 Å². The molecule has 164 valence electrons. The molecule has 0 saturated carbocycles. The second-order valence-electron chi connectivity index (χ2n) is 7.93. The van der Waals surface area contributed by atoms with Gasteiger partial charge >= 0.3 is 0 Å². The summed E-state index contributed by atoms with van der Waals surface area (Å²) in [5.41, 5.74) is 2.57. The van der Waals surface area contributed by atoms with Crippen LogP contribution in [0.25, 0.3) is 22.2 Å². The van der Waals surface area contributed by atoms with E-state index < -0.39 is 15.7 Å². The van der Waals surface area contributed by atoms with Gasteiger partial charge in [0.2, 0.25) is 5.95 Å². The lowest BCUT2D eigenvalue weighted by Crippen LogP contribution is -2.36. The highest BCUT2D eigenvalue weighted by atomic mass is 32.2. The van der Waals surface area contributed by atoms with Crippen molar-refractivity contribution in [3.05, 3.63) is 60.9 Å². The van der Waals surface area contributed by atoms with E-state index in [9.17, 15) is 12.8 Å². The van der Waals surface area contributed by atoms with Gasteiger partial charge in [-0.15, -0.1) is 0 Å². The van der Waals surface area contributed by atoms with Crippen molar-refractivity contribution in [3.63, 3.8) is 0 Å². The summed E-state index contributed by atoms with van der Waals surface area (Å²) in [6, 6.07) is 8.92. The van der Waals surface area contributed by atoms with Crippen molar-refractivity contribution in [1.29, 1.82) is 0 Å². The molecule has 1 aliphatic heterocycles. The van der Waals surface area contributed by atoms with E-state index in [1.807, 2.05) is 23.1 Å². The van der Waals surface area contributed by atoms with Crippen LogP contribution in [0.15, 0.2) is 60.0 Å². The van der Waals surface area contributed by atoms with Crippen LogP contribution < -0.4 is 4.90 Å². The van der Waals surface area contributed by atoms with E-state index in [2.05, 4.69) is 25.0 Å². The van der Waals surface area contributed by atoms with Gasteiger partial charge in [0.1, 0.15) is 0 Å². The Bertz CT molecular complexity index is 1360. The second kappa shape index (κ2) is 7.94. The number of pyridine rings is 1. The average molecular weight is 453 g/mol. The lowest BCUT2D eigenvalue weighted by molar-refractivity contribution is 0.373. The molecule has 0 amide bonds. The summed E-state index contributed by atoms with van der Waals surface area (Å²) >= 11 is 0. The Kier molecular flexibility index (Phi) is 5.09. The topological polar surface area (TPSA) is 93.9 Å². The number of rotatable bonds is 4. The van der Waals surface area contributed by atoms with Crippen LogP contribution in [0.4, 0.5) is 10.3 Å². The molecule has 0 radical (unpaired) electrons. The average Bonchev–Trinajstić information content (AvgIpc) is 3.22. The van der Waals surface area contributed by atoms with Crippen LogP contribution in [-0.4, -0.2) is 52.5 Å². The molecule has 0 bridgehead atoms. The quantitative estimate of drug-likeness (QED) is 0.469. The molecule has 0 unspecified atom stereocenters. The van der Waals surface area contributed by atoms with Crippen molar-refractivity contribution in [3.8, 4) is 11.3 Å². The molecule has 1 saturated heterocycles. The number of anilines is 1. The van der Waals surface area contributed by atoms with E-state index in [1.165, 1.54) is 18.6 Å². The summed E-state index contributed by atoms with van der Waals surface area (Å²) in [4.78, 5) is 15.1. The van der Waals surface area contributed by atoms with Gasteiger partial charge in [-0.25, -0.2) is 22.8 Å². The maximum absolute atomic E-state index is 13.1. The smallest absolute Gasteiger partial charge is 0.225 e. The predicted molar refractivity (Wildman–Crippen MR) is 119 cm³/mol. The number of hydrogen-bond donors (Lipinski definition) is 0. The largest absolute Gasteiger partial charge is 0.341 e. The molecule has 3 aromatic heterocycles. The molecule has 4 heterocycles. The minimum absolute atomic E-state index is 0.228. The summed E-state index contributed by atoms with van der Waals surface area (Å²) in [6.07, 6.45) is 8.95. The summed E-state index contributed by atoms with van der Waals surface area (Å²) in [6.45, 7) is 1.52. The predicted octanol–water partition coefficient (Wildman–Crippen LogP) is 3.27. The number of nitrogens with zero attached hydrogens (tertiary/aromatic N) is 6. The number of hydrogen-bond acceptors (Lipinski definition) is 7. The summed E-state index contributed by atoms with van der Waals surface area (Å²) in [5, 5.41) is 5.59. The molecule has 0 aliphatic carbocycles. The molecule has 0 atom stereocenters. The van der Waals surface area contributed by atoms with Crippen LogP contribution in [0.2, 0.25) is 0 Å². The molecular weight excluding hydrogens is 431 g/mol. The molecule has 10 heteroatoms. The van der Waals surface area contributed by atoms with Gasteiger partial charge in [0, 0.05) is 30.3 Å². The number of aromatic nitrogens is 5. The molecule has 5 rings (SSSR count). The Morgan fingerprint density at radius 2 is 1.66 bits per heavy atom. The van der Waals surface area contributed by atoms with E-state index in [0.29, 0.717) is 5.95 Å². The molecule has 1 aromatic carbocycles. The maximum atomic E-state index is 13.1. The van der Waals surface area contributed by atoms with E-state index >= 15 is 0 Å². The van der Waals surface area contributed by atoms with Crippen molar-refractivity contribution in [2.45, 2.75) is 23.8 Å².